The zero-order valence-electron chi connectivity index (χ0n) is 21.4. The molecule has 0 aliphatic carbocycles. The number of carbonyl (C=O) groups is 1. The van der Waals surface area contributed by atoms with Gasteiger partial charge in [0.1, 0.15) is 0 Å². The van der Waals surface area contributed by atoms with E-state index in [1.165, 1.54) is 128 Å². The molecule has 0 aromatic rings. The molecule has 31 heavy (non-hydrogen) atoms. The van der Waals surface area contributed by atoms with Crippen molar-refractivity contribution >= 4 is 5.97 Å². The van der Waals surface area contributed by atoms with Gasteiger partial charge in [-0.05, 0) is 25.7 Å². The van der Waals surface area contributed by atoms with Gasteiger partial charge in [-0.3, -0.25) is 0 Å². The van der Waals surface area contributed by atoms with Crippen molar-refractivity contribution in [2.75, 3.05) is 0 Å². The Labute approximate surface area is 195 Å². The van der Waals surface area contributed by atoms with Crippen LogP contribution in [-0.4, -0.2) is 11.1 Å². The molecule has 2 nitrogen and oxygen atoms in total. The lowest BCUT2D eigenvalue weighted by atomic mass is 10.0. The van der Waals surface area contributed by atoms with Crippen LogP contribution < -0.4 is 0 Å². The number of carboxylic acid groups (broad SMARTS) is 1. The predicted octanol–water partition coefficient (Wildman–Crippen LogP) is 10.4. The highest BCUT2D eigenvalue weighted by Gasteiger charge is 2.06. The van der Waals surface area contributed by atoms with Gasteiger partial charge in [-0.1, -0.05) is 148 Å². The van der Waals surface area contributed by atoms with Crippen molar-refractivity contribution < 1.29 is 9.90 Å². The van der Waals surface area contributed by atoms with Gasteiger partial charge < -0.3 is 5.11 Å². The second-order valence-corrected chi connectivity index (χ2v) is 9.64. The first-order valence-corrected chi connectivity index (χ1v) is 14.1. The molecular formula is C29H56O2. The van der Waals surface area contributed by atoms with Crippen LogP contribution in [0.1, 0.15) is 168 Å². The fraction of sp³-hybridized carbons (Fsp3) is 0.897. The van der Waals surface area contributed by atoms with Gasteiger partial charge in [-0.25, -0.2) is 4.79 Å². The molecule has 0 aromatic carbocycles. The topological polar surface area (TPSA) is 37.3 Å². The molecule has 0 aromatic heterocycles. The van der Waals surface area contributed by atoms with Crippen molar-refractivity contribution in [3.63, 3.8) is 0 Å². The normalized spacial score (nSPS) is 11.9. The molecule has 0 radical (unpaired) electrons. The van der Waals surface area contributed by atoms with Crippen molar-refractivity contribution in [1.82, 2.24) is 0 Å². The van der Waals surface area contributed by atoms with E-state index in [9.17, 15) is 9.90 Å². The molecule has 0 aliphatic rings. The third-order valence-corrected chi connectivity index (χ3v) is 6.52. The molecule has 0 amide bonds. The Bertz CT molecular complexity index is 400. The summed E-state index contributed by atoms with van der Waals surface area (Å²) in [5, 5.41) is 9.44. The number of rotatable bonds is 25. The number of unbranched alkanes of at least 4 members (excludes halogenated alkanes) is 21. The highest BCUT2D eigenvalue weighted by molar-refractivity contribution is 5.86. The van der Waals surface area contributed by atoms with E-state index in [1.807, 2.05) is 6.08 Å². The Morgan fingerprint density at radius 3 is 1.19 bits per heavy atom. The van der Waals surface area contributed by atoms with Crippen LogP contribution in [0.25, 0.3) is 0 Å². The molecule has 0 rings (SSSR count). The molecule has 0 bridgehead atoms. The Kier molecular flexibility index (Phi) is 24.8. The van der Waals surface area contributed by atoms with Crippen molar-refractivity contribution in [3.05, 3.63) is 11.6 Å². The maximum Gasteiger partial charge on any atom is 0.331 e. The third kappa shape index (κ3) is 23.7. The lowest BCUT2D eigenvalue weighted by Crippen LogP contribution is -2.00. The molecule has 1 N–H and O–H groups in total. The van der Waals surface area contributed by atoms with Gasteiger partial charge in [0, 0.05) is 5.57 Å². The summed E-state index contributed by atoms with van der Waals surface area (Å²) in [5.41, 5.74) is 0.656. The van der Waals surface area contributed by atoms with E-state index in [-0.39, 0.29) is 0 Å². The largest absolute Gasteiger partial charge is 0.478 e. The van der Waals surface area contributed by atoms with Crippen LogP contribution in [0.4, 0.5) is 0 Å². The van der Waals surface area contributed by atoms with Crippen LogP contribution in [0.15, 0.2) is 11.6 Å². The van der Waals surface area contributed by atoms with Crippen molar-refractivity contribution in [2.24, 2.45) is 0 Å². The molecule has 0 aliphatic heterocycles. The predicted molar refractivity (Wildman–Crippen MR) is 138 cm³/mol. The molecule has 0 spiro atoms. The zero-order valence-corrected chi connectivity index (χ0v) is 21.4. The molecular weight excluding hydrogens is 380 g/mol. The van der Waals surface area contributed by atoms with Crippen LogP contribution in [0.3, 0.4) is 0 Å². The summed E-state index contributed by atoms with van der Waals surface area (Å²) in [6, 6.07) is 0. The van der Waals surface area contributed by atoms with Gasteiger partial charge in [0.2, 0.25) is 0 Å². The van der Waals surface area contributed by atoms with Crippen molar-refractivity contribution in [1.29, 1.82) is 0 Å². The summed E-state index contributed by atoms with van der Waals surface area (Å²) in [6.07, 6.45) is 32.9. The molecule has 2 heteroatoms. The highest BCUT2D eigenvalue weighted by atomic mass is 16.4. The van der Waals surface area contributed by atoms with Crippen LogP contribution >= 0.6 is 0 Å². The van der Waals surface area contributed by atoms with Crippen LogP contribution in [0, 0.1) is 0 Å². The van der Waals surface area contributed by atoms with E-state index in [0.717, 1.165) is 25.7 Å². The quantitative estimate of drug-likeness (QED) is 0.114. The van der Waals surface area contributed by atoms with Crippen LogP contribution in [-0.2, 0) is 4.79 Å². The average Bonchev–Trinajstić information content (AvgIpc) is 2.76. The van der Waals surface area contributed by atoms with E-state index in [1.54, 1.807) is 0 Å². The molecule has 184 valence electrons. The van der Waals surface area contributed by atoms with Gasteiger partial charge in [-0.15, -0.1) is 0 Å². The molecule has 0 heterocycles. The molecule has 0 atom stereocenters. The smallest absolute Gasteiger partial charge is 0.331 e. The Morgan fingerprint density at radius 2 is 0.839 bits per heavy atom. The monoisotopic (exact) mass is 436 g/mol. The number of hydrogen-bond donors (Lipinski definition) is 1. The fourth-order valence-electron chi connectivity index (χ4n) is 4.36. The first kappa shape index (κ1) is 30.2. The van der Waals surface area contributed by atoms with Gasteiger partial charge in [0.15, 0.2) is 0 Å². The Morgan fingerprint density at radius 1 is 0.516 bits per heavy atom. The van der Waals surface area contributed by atoms with Gasteiger partial charge in [0.05, 0.1) is 0 Å². The van der Waals surface area contributed by atoms with Gasteiger partial charge in [0.25, 0.3) is 0 Å². The Balaban J connectivity index is 3.53. The second-order valence-electron chi connectivity index (χ2n) is 9.64. The summed E-state index contributed by atoms with van der Waals surface area (Å²) in [4.78, 5) is 11.5. The molecule has 0 unspecified atom stereocenters. The number of allylic oxidation sites excluding steroid dienone is 1. The molecule has 0 saturated heterocycles. The van der Waals surface area contributed by atoms with Crippen LogP contribution in [0.2, 0.25) is 0 Å². The van der Waals surface area contributed by atoms with E-state index in [2.05, 4.69) is 13.8 Å². The maximum atomic E-state index is 11.5. The summed E-state index contributed by atoms with van der Waals surface area (Å²) >= 11 is 0. The lowest BCUT2D eigenvalue weighted by Gasteiger charge is -2.05. The molecule has 0 fully saturated rings. The first-order valence-electron chi connectivity index (χ1n) is 14.1. The average molecular weight is 437 g/mol. The Hall–Kier alpha value is -0.790. The number of aliphatic carboxylic acids is 1. The minimum atomic E-state index is -0.699. The summed E-state index contributed by atoms with van der Waals surface area (Å²) < 4.78 is 0. The van der Waals surface area contributed by atoms with Crippen molar-refractivity contribution in [2.45, 2.75) is 168 Å². The standard InChI is InChI=1S/C29H56O2/c1-3-5-7-9-11-13-15-17-19-21-23-25-27-28(29(30)31)26-24-22-20-18-16-14-12-10-8-6-4-2/h26H,3-25,27H2,1-2H3,(H,30,31). The summed E-state index contributed by atoms with van der Waals surface area (Å²) in [7, 11) is 0. The summed E-state index contributed by atoms with van der Waals surface area (Å²) in [5.74, 6) is -0.699. The van der Waals surface area contributed by atoms with Crippen molar-refractivity contribution in [3.8, 4) is 0 Å². The fourth-order valence-corrected chi connectivity index (χ4v) is 4.36. The third-order valence-electron chi connectivity index (χ3n) is 6.52. The highest BCUT2D eigenvalue weighted by Crippen LogP contribution is 2.16. The maximum absolute atomic E-state index is 11.5. The van der Waals surface area contributed by atoms with E-state index < -0.39 is 5.97 Å². The lowest BCUT2D eigenvalue weighted by molar-refractivity contribution is -0.132. The SMILES string of the molecule is CCCCCCCCCCCCC=C(CCCCCCCCCCCCCC)C(=O)O. The summed E-state index contributed by atoms with van der Waals surface area (Å²) in [6.45, 7) is 4.54. The van der Waals surface area contributed by atoms with E-state index in [0.29, 0.717) is 5.57 Å². The molecule has 0 saturated carbocycles. The minimum Gasteiger partial charge on any atom is -0.478 e. The minimum absolute atomic E-state index is 0.656. The van der Waals surface area contributed by atoms with E-state index in [4.69, 9.17) is 0 Å². The number of hydrogen-bond acceptors (Lipinski definition) is 1. The number of carboxylic acids is 1. The van der Waals surface area contributed by atoms with Crippen LogP contribution in [0.5, 0.6) is 0 Å². The zero-order chi connectivity index (χ0) is 22.8. The van der Waals surface area contributed by atoms with Gasteiger partial charge >= 0.3 is 5.97 Å². The second kappa shape index (κ2) is 25.5. The van der Waals surface area contributed by atoms with Gasteiger partial charge in [-0.2, -0.15) is 0 Å². The first-order chi connectivity index (χ1) is 15.2. The van der Waals surface area contributed by atoms with E-state index >= 15 is 0 Å².